The minimum absolute atomic E-state index is 0.453. The second-order valence-corrected chi connectivity index (χ2v) is 5.27. The van der Waals surface area contributed by atoms with E-state index in [-0.39, 0.29) is 0 Å². The Kier molecular flexibility index (Phi) is 4.39. The normalized spacial score (nSPS) is 15.1. The van der Waals surface area contributed by atoms with E-state index in [4.69, 9.17) is 0 Å². The predicted octanol–water partition coefficient (Wildman–Crippen LogP) is 0.982. The first-order valence-corrected chi connectivity index (χ1v) is 6.88. The largest absolute Gasteiger partial charge is 0.332 e. The van der Waals surface area contributed by atoms with Crippen molar-refractivity contribution in [3.05, 3.63) is 28.8 Å². The Bertz CT molecular complexity index is 511. The number of rotatable bonds is 1. The molecule has 2 rings (SSSR count). The summed E-state index contributed by atoms with van der Waals surface area (Å²) in [6, 6.07) is 4.00. The van der Waals surface area contributed by atoms with E-state index in [0.717, 1.165) is 35.5 Å². The summed E-state index contributed by atoms with van der Waals surface area (Å²) in [6.07, 6.45) is 0. The highest BCUT2D eigenvalue weighted by molar-refractivity contribution is 6.39. The molecule has 2 amide bonds. The highest BCUT2D eigenvalue weighted by Crippen LogP contribution is 2.21. The van der Waals surface area contributed by atoms with Gasteiger partial charge in [0, 0.05) is 31.9 Å². The van der Waals surface area contributed by atoms with Gasteiger partial charge >= 0.3 is 11.8 Å². The van der Waals surface area contributed by atoms with Gasteiger partial charge in [0.25, 0.3) is 0 Å². The monoisotopic (exact) mass is 275 g/mol. The number of amides is 2. The van der Waals surface area contributed by atoms with E-state index in [9.17, 15) is 9.59 Å². The van der Waals surface area contributed by atoms with Crippen LogP contribution >= 0.6 is 0 Å². The van der Waals surface area contributed by atoms with Gasteiger partial charge in [-0.1, -0.05) is 17.7 Å². The number of carbonyl (C=O) groups excluding carboxylic acids is 2. The summed E-state index contributed by atoms with van der Waals surface area (Å²) in [5, 5.41) is 5.91. The van der Waals surface area contributed by atoms with Crippen LogP contribution in [-0.4, -0.2) is 42.9 Å². The predicted molar refractivity (Wildman–Crippen MR) is 78.7 cm³/mol. The number of piperazine rings is 1. The second-order valence-electron chi connectivity index (χ2n) is 5.27. The van der Waals surface area contributed by atoms with Crippen LogP contribution in [-0.2, 0) is 9.59 Å². The number of hydrogen-bond donors (Lipinski definition) is 2. The number of hydrogen-bond acceptors (Lipinski definition) is 3. The van der Waals surface area contributed by atoms with Crippen LogP contribution in [0, 0.1) is 20.8 Å². The lowest BCUT2D eigenvalue weighted by molar-refractivity contribution is -0.143. The van der Waals surface area contributed by atoms with E-state index >= 15 is 0 Å². The molecule has 1 aliphatic heterocycles. The highest BCUT2D eigenvalue weighted by Gasteiger charge is 2.23. The molecule has 0 saturated carbocycles. The molecule has 1 aromatic carbocycles. The molecule has 1 fully saturated rings. The van der Waals surface area contributed by atoms with Crippen LogP contribution in [0.25, 0.3) is 0 Å². The summed E-state index contributed by atoms with van der Waals surface area (Å²) in [5.41, 5.74) is 3.84. The Labute approximate surface area is 119 Å². The van der Waals surface area contributed by atoms with Crippen molar-refractivity contribution in [3.8, 4) is 0 Å². The summed E-state index contributed by atoms with van der Waals surface area (Å²) < 4.78 is 0. The molecule has 1 heterocycles. The molecular formula is C15H21N3O2. The van der Waals surface area contributed by atoms with Crippen LogP contribution in [0.5, 0.6) is 0 Å². The van der Waals surface area contributed by atoms with Gasteiger partial charge in [0.1, 0.15) is 0 Å². The zero-order valence-electron chi connectivity index (χ0n) is 12.2. The fourth-order valence-electron chi connectivity index (χ4n) is 2.56. The minimum Gasteiger partial charge on any atom is -0.332 e. The Hall–Kier alpha value is -1.88. The van der Waals surface area contributed by atoms with E-state index in [1.54, 1.807) is 4.90 Å². The van der Waals surface area contributed by atoms with Crippen molar-refractivity contribution < 1.29 is 9.59 Å². The Morgan fingerprint density at radius 1 is 1.10 bits per heavy atom. The van der Waals surface area contributed by atoms with Gasteiger partial charge in [-0.25, -0.2) is 0 Å². The summed E-state index contributed by atoms with van der Waals surface area (Å²) in [7, 11) is 0. The van der Waals surface area contributed by atoms with Gasteiger partial charge in [-0.3, -0.25) is 9.59 Å². The zero-order chi connectivity index (χ0) is 14.7. The van der Waals surface area contributed by atoms with E-state index < -0.39 is 11.8 Å². The molecule has 0 unspecified atom stereocenters. The number of benzene rings is 1. The molecule has 1 aromatic rings. The van der Waals surface area contributed by atoms with Gasteiger partial charge in [-0.05, 0) is 31.9 Å². The van der Waals surface area contributed by atoms with Gasteiger partial charge in [0.05, 0.1) is 0 Å². The first-order valence-electron chi connectivity index (χ1n) is 6.88. The van der Waals surface area contributed by atoms with Crippen molar-refractivity contribution in [2.24, 2.45) is 0 Å². The van der Waals surface area contributed by atoms with Gasteiger partial charge in [-0.15, -0.1) is 0 Å². The molecule has 0 radical (unpaired) electrons. The fraction of sp³-hybridized carbons (Fsp3) is 0.467. The van der Waals surface area contributed by atoms with E-state index in [1.807, 2.05) is 32.9 Å². The van der Waals surface area contributed by atoms with E-state index in [1.165, 1.54) is 0 Å². The van der Waals surface area contributed by atoms with Crippen molar-refractivity contribution in [3.63, 3.8) is 0 Å². The maximum absolute atomic E-state index is 12.1. The van der Waals surface area contributed by atoms with E-state index in [0.29, 0.717) is 13.1 Å². The molecule has 20 heavy (non-hydrogen) atoms. The third kappa shape index (κ3) is 3.17. The molecule has 0 spiro atoms. The van der Waals surface area contributed by atoms with Crippen LogP contribution in [0.3, 0.4) is 0 Å². The first kappa shape index (κ1) is 14.5. The van der Waals surface area contributed by atoms with E-state index in [2.05, 4.69) is 10.6 Å². The number of aryl methyl sites for hydroxylation is 3. The topological polar surface area (TPSA) is 61.4 Å². The molecule has 5 heteroatoms. The van der Waals surface area contributed by atoms with Crippen LogP contribution in [0.1, 0.15) is 16.7 Å². The van der Waals surface area contributed by atoms with Crippen molar-refractivity contribution in [1.82, 2.24) is 10.2 Å². The zero-order valence-corrected chi connectivity index (χ0v) is 12.2. The van der Waals surface area contributed by atoms with Crippen molar-refractivity contribution in [2.75, 3.05) is 31.5 Å². The van der Waals surface area contributed by atoms with Crippen LogP contribution < -0.4 is 10.6 Å². The molecule has 0 aromatic heterocycles. The van der Waals surface area contributed by atoms with Gasteiger partial charge in [0.15, 0.2) is 0 Å². The summed E-state index contributed by atoms with van der Waals surface area (Å²) >= 11 is 0. The third-order valence-electron chi connectivity index (χ3n) is 3.51. The molecule has 0 aliphatic carbocycles. The maximum Gasteiger partial charge on any atom is 0.313 e. The van der Waals surface area contributed by atoms with Gasteiger partial charge in [0.2, 0.25) is 0 Å². The molecule has 5 nitrogen and oxygen atoms in total. The lowest BCUT2D eigenvalue weighted by Gasteiger charge is -2.27. The highest BCUT2D eigenvalue weighted by atomic mass is 16.2. The minimum atomic E-state index is -0.554. The Morgan fingerprint density at radius 2 is 1.65 bits per heavy atom. The SMILES string of the molecule is Cc1cc(C)c(NC(=O)C(=O)N2CCNCC2)c(C)c1. The quantitative estimate of drug-likeness (QED) is 0.751. The molecule has 108 valence electrons. The lowest BCUT2D eigenvalue weighted by Crippen LogP contribution is -2.50. The standard InChI is InChI=1S/C15H21N3O2/c1-10-8-11(2)13(12(3)9-10)17-14(19)15(20)18-6-4-16-5-7-18/h8-9,16H,4-7H2,1-3H3,(H,17,19). The van der Waals surface area contributed by atoms with Crippen molar-refractivity contribution in [1.29, 1.82) is 0 Å². The maximum atomic E-state index is 12.1. The first-order chi connectivity index (χ1) is 9.49. The molecule has 2 N–H and O–H groups in total. The number of nitrogens with zero attached hydrogens (tertiary/aromatic N) is 1. The molecular weight excluding hydrogens is 254 g/mol. The van der Waals surface area contributed by atoms with Crippen LogP contribution in [0.15, 0.2) is 12.1 Å². The Morgan fingerprint density at radius 3 is 2.20 bits per heavy atom. The van der Waals surface area contributed by atoms with Crippen molar-refractivity contribution in [2.45, 2.75) is 20.8 Å². The molecule has 1 aliphatic rings. The second kappa shape index (κ2) is 6.05. The summed E-state index contributed by atoms with van der Waals surface area (Å²) in [4.78, 5) is 25.7. The lowest BCUT2D eigenvalue weighted by atomic mass is 10.1. The average Bonchev–Trinajstić information content (AvgIpc) is 2.42. The summed E-state index contributed by atoms with van der Waals surface area (Å²) in [6.45, 7) is 8.52. The Balaban J connectivity index is 2.09. The number of anilines is 1. The molecule has 1 saturated heterocycles. The van der Waals surface area contributed by atoms with Crippen molar-refractivity contribution >= 4 is 17.5 Å². The summed E-state index contributed by atoms with van der Waals surface area (Å²) in [5.74, 6) is -1.01. The van der Waals surface area contributed by atoms with Crippen LogP contribution in [0.4, 0.5) is 5.69 Å². The van der Waals surface area contributed by atoms with Gasteiger partial charge < -0.3 is 15.5 Å². The fourth-order valence-corrected chi connectivity index (χ4v) is 2.56. The van der Waals surface area contributed by atoms with Crippen LogP contribution in [0.2, 0.25) is 0 Å². The molecule has 0 bridgehead atoms. The third-order valence-corrected chi connectivity index (χ3v) is 3.51. The smallest absolute Gasteiger partial charge is 0.313 e. The molecule has 0 atom stereocenters. The number of carbonyl (C=O) groups is 2. The number of nitrogens with one attached hydrogen (secondary N) is 2. The van der Waals surface area contributed by atoms with Gasteiger partial charge in [-0.2, -0.15) is 0 Å². The average molecular weight is 275 g/mol.